The Hall–Kier alpha value is 0.240. The summed E-state index contributed by atoms with van der Waals surface area (Å²) < 4.78 is 22.5. The number of hydrogen-bond acceptors (Lipinski definition) is 2. The molecule has 4 heteroatoms. The highest BCUT2D eigenvalue weighted by molar-refractivity contribution is 7.91. The van der Waals surface area contributed by atoms with Gasteiger partial charge >= 0.3 is 0 Å². The third-order valence-electron chi connectivity index (χ3n) is 1.60. The van der Waals surface area contributed by atoms with Crippen LogP contribution in [0.5, 0.6) is 0 Å². The minimum absolute atomic E-state index is 0.239. The van der Waals surface area contributed by atoms with Gasteiger partial charge in [-0.1, -0.05) is 13.8 Å². The summed E-state index contributed by atoms with van der Waals surface area (Å²) in [4.78, 5) is 0. The minimum atomic E-state index is -2.82. The smallest absolute Gasteiger partial charge is 0.150 e. The van der Waals surface area contributed by atoms with E-state index in [1.54, 1.807) is 0 Å². The summed E-state index contributed by atoms with van der Waals surface area (Å²) in [7, 11) is -2.82. The molecular weight excluding hydrogens is 196 g/mol. The molecule has 0 aromatic rings. The van der Waals surface area contributed by atoms with E-state index >= 15 is 0 Å². The van der Waals surface area contributed by atoms with Gasteiger partial charge in [0.25, 0.3) is 0 Å². The molecule has 0 fully saturated rings. The van der Waals surface area contributed by atoms with E-state index in [4.69, 9.17) is 11.6 Å². The van der Waals surface area contributed by atoms with E-state index in [1.807, 2.05) is 13.8 Å². The molecule has 0 saturated carbocycles. The van der Waals surface area contributed by atoms with Gasteiger partial charge in [0.2, 0.25) is 0 Å². The number of halogens is 1. The van der Waals surface area contributed by atoms with Gasteiger partial charge in [-0.2, -0.15) is 0 Å². The monoisotopic (exact) mass is 212 g/mol. The highest BCUT2D eigenvalue weighted by atomic mass is 35.5. The summed E-state index contributed by atoms with van der Waals surface area (Å²) in [5.41, 5.74) is 0. The lowest BCUT2D eigenvalue weighted by Gasteiger charge is -2.04. The van der Waals surface area contributed by atoms with Crippen LogP contribution in [0.25, 0.3) is 0 Å². The number of hydrogen-bond donors (Lipinski definition) is 0. The molecule has 0 amide bonds. The van der Waals surface area contributed by atoms with E-state index in [1.165, 1.54) is 0 Å². The molecule has 0 aromatic carbocycles. The highest BCUT2D eigenvalue weighted by Crippen LogP contribution is 2.04. The van der Waals surface area contributed by atoms with Gasteiger partial charge in [-0.3, -0.25) is 0 Å². The van der Waals surface area contributed by atoms with Crippen LogP contribution in [0.2, 0.25) is 0 Å². The van der Waals surface area contributed by atoms with Gasteiger partial charge in [-0.25, -0.2) is 8.42 Å². The zero-order chi connectivity index (χ0) is 9.61. The van der Waals surface area contributed by atoms with Crippen LogP contribution in [0.1, 0.15) is 26.7 Å². The van der Waals surface area contributed by atoms with E-state index in [2.05, 4.69) is 0 Å². The average Bonchev–Trinajstić information content (AvgIpc) is 1.98. The molecule has 0 saturated heterocycles. The van der Waals surface area contributed by atoms with Gasteiger partial charge in [0, 0.05) is 5.88 Å². The molecule has 0 aromatic heterocycles. The molecule has 0 spiro atoms. The molecule has 74 valence electrons. The summed E-state index contributed by atoms with van der Waals surface area (Å²) in [5.74, 6) is 1.43. The van der Waals surface area contributed by atoms with E-state index in [-0.39, 0.29) is 5.75 Å². The molecule has 0 bridgehead atoms. The molecule has 0 aliphatic carbocycles. The fourth-order valence-corrected chi connectivity index (χ4v) is 2.70. The Morgan fingerprint density at radius 1 is 1.25 bits per heavy atom. The van der Waals surface area contributed by atoms with Gasteiger partial charge in [-0.05, 0) is 18.8 Å². The summed E-state index contributed by atoms with van der Waals surface area (Å²) in [5, 5.41) is 0. The van der Waals surface area contributed by atoms with Gasteiger partial charge < -0.3 is 0 Å². The number of alkyl halides is 1. The van der Waals surface area contributed by atoms with Crippen molar-refractivity contribution in [3.63, 3.8) is 0 Å². The van der Waals surface area contributed by atoms with Crippen molar-refractivity contribution in [1.29, 1.82) is 0 Å². The maximum Gasteiger partial charge on any atom is 0.150 e. The van der Waals surface area contributed by atoms with Gasteiger partial charge in [-0.15, -0.1) is 11.6 Å². The second-order valence-electron chi connectivity index (χ2n) is 3.38. The topological polar surface area (TPSA) is 34.1 Å². The third kappa shape index (κ3) is 6.92. The Kier molecular flexibility index (Phi) is 5.93. The quantitative estimate of drug-likeness (QED) is 0.632. The summed E-state index contributed by atoms with van der Waals surface area (Å²) >= 11 is 5.41. The largest absolute Gasteiger partial charge is 0.229 e. The molecule has 0 heterocycles. The Morgan fingerprint density at radius 2 is 1.83 bits per heavy atom. The van der Waals surface area contributed by atoms with Crippen molar-refractivity contribution in [2.45, 2.75) is 26.7 Å². The summed E-state index contributed by atoms with van der Waals surface area (Å²) in [6.45, 7) is 4.05. The first-order valence-corrected chi connectivity index (χ1v) is 6.60. The van der Waals surface area contributed by atoms with Crippen molar-refractivity contribution in [2.75, 3.05) is 17.4 Å². The van der Waals surface area contributed by atoms with Crippen LogP contribution in [0.4, 0.5) is 0 Å². The number of sulfone groups is 1. The summed E-state index contributed by atoms with van der Waals surface area (Å²) in [6, 6.07) is 0. The van der Waals surface area contributed by atoms with Crippen LogP contribution in [0.3, 0.4) is 0 Å². The number of rotatable bonds is 6. The van der Waals surface area contributed by atoms with Crippen LogP contribution < -0.4 is 0 Å². The Morgan fingerprint density at radius 3 is 2.25 bits per heavy atom. The first-order chi connectivity index (χ1) is 5.48. The molecule has 0 aliphatic rings. The predicted molar refractivity (Wildman–Crippen MR) is 53.4 cm³/mol. The molecule has 0 atom stereocenters. The second kappa shape index (κ2) is 5.81. The molecule has 0 unspecified atom stereocenters. The van der Waals surface area contributed by atoms with Crippen LogP contribution in [0, 0.1) is 5.92 Å². The molecule has 0 radical (unpaired) electrons. The lowest BCUT2D eigenvalue weighted by Crippen LogP contribution is -2.13. The lowest BCUT2D eigenvalue weighted by molar-refractivity contribution is 0.573. The molecule has 12 heavy (non-hydrogen) atoms. The van der Waals surface area contributed by atoms with Crippen molar-refractivity contribution in [1.82, 2.24) is 0 Å². The van der Waals surface area contributed by atoms with Crippen molar-refractivity contribution in [3.8, 4) is 0 Å². The fraction of sp³-hybridized carbons (Fsp3) is 1.00. The maximum absolute atomic E-state index is 11.2. The molecule has 0 aliphatic heterocycles. The Labute approximate surface area is 80.2 Å². The standard InChI is InChI=1S/C8H17ClO2S/c1-8(2)4-7-12(10,11)6-3-5-9/h8H,3-7H2,1-2H3. The Bertz CT molecular complexity index is 197. The Balaban J connectivity index is 3.73. The van der Waals surface area contributed by atoms with Crippen LogP contribution in [-0.2, 0) is 9.84 Å². The van der Waals surface area contributed by atoms with Gasteiger partial charge in [0.15, 0.2) is 0 Å². The van der Waals surface area contributed by atoms with E-state index in [9.17, 15) is 8.42 Å². The van der Waals surface area contributed by atoms with Gasteiger partial charge in [0.05, 0.1) is 11.5 Å². The van der Waals surface area contributed by atoms with Crippen LogP contribution in [0.15, 0.2) is 0 Å². The minimum Gasteiger partial charge on any atom is -0.229 e. The van der Waals surface area contributed by atoms with Crippen LogP contribution in [-0.4, -0.2) is 25.8 Å². The van der Waals surface area contributed by atoms with Gasteiger partial charge in [0.1, 0.15) is 9.84 Å². The highest BCUT2D eigenvalue weighted by Gasteiger charge is 2.10. The third-order valence-corrected chi connectivity index (χ3v) is 3.63. The zero-order valence-electron chi connectivity index (χ0n) is 7.72. The molecular formula is C8H17ClO2S. The molecule has 0 rings (SSSR count). The molecule has 2 nitrogen and oxygen atoms in total. The summed E-state index contributed by atoms with van der Waals surface area (Å²) in [6.07, 6.45) is 1.33. The first-order valence-electron chi connectivity index (χ1n) is 4.24. The van der Waals surface area contributed by atoms with Crippen molar-refractivity contribution < 1.29 is 8.42 Å². The second-order valence-corrected chi connectivity index (χ2v) is 6.06. The van der Waals surface area contributed by atoms with Crippen molar-refractivity contribution in [3.05, 3.63) is 0 Å². The fourth-order valence-electron chi connectivity index (χ4n) is 0.792. The average molecular weight is 213 g/mol. The SMILES string of the molecule is CC(C)CCS(=O)(=O)CCCCl. The van der Waals surface area contributed by atoms with E-state index < -0.39 is 9.84 Å². The first kappa shape index (κ1) is 12.2. The van der Waals surface area contributed by atoms with Crippen molar-refractivity contribution in [2.24, 2.45) is 5.92 Å². The normalized spacial score (nSPS) is 12.3. The molecule has 0 N–H and O–H groups in total. The van der Waals surface area contributed by atoms with Crippen molar-refractivity contribution >= 4 is 21.4 Å². The predicted octanol–water partition coefficient (Wildman–Crippen LogP) is 2.08. The lowest BCUT2D eigenvalue weighted by atomic mass is 10.2. The van der Waals surface area contributed by atoms with E-state index in [0.29, 0.717) is 24.0 Å². The van der Waals surface area contributed by atoms with Crippen LogP contribution >= 0.6 is 11.6 Å². The maximum atomic E-state index is 11.2. The van der Waals surface area contributed by atoms with E-state index in [0.717, 1.165) is 6.42 Å². The zero-order valence-corrected chi connectivity index (χ0v) is 9.29.